The predicted molar refractivity (Wildman–Crippen MR) is 129 cm³/mol. The molecule has 1 amide bonds. The lowest BCUT2D eigenvalue weighted by Crippen LogP contribution is -2.30. The molecule has 8 nitrogen and oxygen atoms in total. The van der Waals surface area contributed by atoms with E-state index in [-0.39, 0.29) is 18.0 Å². The van der Waals surface area contributed by atoms with Crippen molar-refractivity contribution in [1.82, 2.24) is 19.9 Å². The van der Waals surface area contributed by atoms with Crippen LogP contribution >= 0.6 is 11.6 Å². The molecule has 3 heterocycles. The van der Waals surface area contributed by atoms with Crippen LogP contribution in [0.15, 0.2) is 88.4 Å². The minimum atomic E-state index is -0.467. The Labute approximate surface area is 198 Å². The third-order valence-electron chi connectivity index (χ3n) is 5.23. The highest BCUT2D eigenvalue weighted by Crippen LogP contribution is 2.24. The van der Waals surface area contributed by atoms with Gasteiger partial charge in [-0.15, -0.1) is 0 Å². The normalized spacial score (nSPS) is 11.0. The van der Waals surface area contributed by atoms with Gasteiger partial charge in [-0.3, -0.25) is 19.9 Å². The summed E-state index contributed by atoms with van der Waals surface area (Å²) in [6.45, 7) is -0.281. The third-order valence-corrected chi connectivity index (χ3v) is 5.46. The van der Waals surface area contributed by atoms with Gasteiger partial charge < -0.3 is 4.52 Å². The van der Waals surface area contributed by atoms with Gasteiger partial charge in [0.2, 0.25) is 11.8 Å². The molecule has 168 valence electrons. The molecule has 0 atom stereocenters. The second-order valence-corrected chi connectivity index (χ2v) is 8.06. The molecule has 0 radical (unpaired) electrons. The van der Waals surface area contributed by atoms with Crippen LogP contribution in [0.4, 0.5) is 5.88 Å². The average Bonchev–Trinajstić information content (AvgIpc) is 3.31. The first kappa shape index (κ1) is 21.5. The molecule has 0 saturated carbocycles. The second-order valence-electron chi connectivity index (χ2n) is 7.63. The van der Waals surface area contributed by atoms with Crippen molar-refractivity contribution in [3.05, 3.63) is 106 Å². The summed E-state index contributed by atoms with van der Waals surface area (Å²) in [6.07, 6.45) is 3.92. The molecule has 9 heteroatoms. The zero-order valence-electron chi connectivity index (χ0n) is 17.8. The number of hydrogen-bond acceptors (Lipinski definition) is 6. The van der Waals surface area contributed by atoms with E-state index in [1.165, 1.54) is 0 Å². The summed E-state index contributed by atoms with van der Waals surface area (Å²) in [7, 11) is 0. The average molecular weight is 472 g/mol. The Morgan fingerprint density at radius 1 is 1.03 bits per heavy atom. The lowest BCUT2D eigenvalue weighted by Gasteiger charge is -2.11. The van der Waals surface area contributed by atoms with Gasteiger partial charge in [-0.1, -0.05) is 53.2 Å². The number of nitrogens with zero attached hydrogens (tertiary/aromatic N) is 4. The molecule has 2 aromatic carbocycles. The van der Waals surface area contributed by atoms with E-state index in [9.17, 15) is 9.59 Å². The lowest BCUT2D eigenvalue weighted by molar-refractivity contribution is -0.117. The fourth-order valence-electron chi connectivity index (χ4n) is 3.67. The minimum absolute atomic E-state index is 0.157. The predicted octanol–water partition coefficient (Wildman–Crippen LogP) is 4.33. The molecule has 0 fully saturated rings. The van der Waals surface area contributed by atoms with Crippen LogP contribution in [0.2, 0.25) is 5.02 Å². The molecule has 0 unspecified atom stereocenters. The van der Waals surface area contributed by atoms with Crippen molar-refractivity contribution in [2.45, 2.75) is 13.0 Å². The van der Waals surface area contributed by atoms with Crippen LogP contribution in [0.25, 0.3) is 22.0 Å². The Hall–Kier alpha value is -4.30. The number of benzene rings is 2. The molecule has 3 aromatic heterocycles. The Balaban J connectivity index is 1.40. The highest BCUT2D eigenvalue weighted by Gasteiger charge is 2.15. The van der Waals surface area contributed by atoms with Gasteiger partial charge in [0.1, 0.15) is 12.2 Å². The lowest BCUT2D eigenvalue weighted by atomic mass is 10.1. The SMILES string of the molecule is O=C(Cn1nc(Cc2cccnc2)c2ccccc2c1=O)Nc1cc(-c2cccc(Cl)c2)no1. The maximum atomic E-state index is 13.0. The zero-order valence-corrected chi connectivity index (χ0v) is 18.6. The van der Waals surface area contributed by atoms with E-state index >= 15 is 0 Å². The summed E-state index contributed by atoms with van der Waals surface area (Å²) < 4.78 is 6.40. The Morgan fingerprint density at radius 2 is 1.88 bits per heavy atom. The number of fused-ring (bicyclic) bond motifs is 1. The molecular weight excluding hydrogens is 454 g/mol. The van der Waals surface area contributed by atoms with E-state index in [0.29, 0.717) is 28.2 Å². The Kier molecular flexibility index (Phi) is 5.88. The van der Waals surface area contributed by atoms with Crippen molar-refractivity contribution >= 4 is 34.2 Å². The van der Waals surface area contributed by atoms with Gasteiger partial charge >= 0.3 is 0 Å². The van der Waals surface area contributed by atoms with E-state index in [2.05, 4.69) is 20.6 Å². The number of nitrogens with one attached hydrogen (secondary N) is 1. The molecule has 0 bridgehead atoms. The second kappa shape index (κ2) is 9.29. The van der Waals surface area contributed by atoms with Crippen molar-refractivity contribution in [1.29, 1.82) is 0 Å². The number of carbonyl (C=O) groups is 1. The van der Waals surface area contributed by atoms with Gasteiger partial charge in [0.15, 0.2) is 0 Å². The molecule has 5 rings (SSSR count). The summed E-state index contributed by atoms with van der Waals surface area (Å²) in [6, 6.07) is 19.7. The largest absolute Gasteiger partial charge is 0.338 e. The zero-order chi connectivity index (χ0) is 23.5. The fourth-order valence-corrected chi connectivity index (χ4v) is 3.86. The van der Waals surface area contributed by atoms with Gasteiger partial charge in [-0.05, 0) is 29.8 Å². The Morgan fingerprint density at radius 3 is 2.68 bits per heavy atom. The number of rotatable bonds is 6. The quantitative estimate of drug-likeness (QED) is 0.395. The molecule has 0 spiro atoms. The number of carbonyl (C=O) groups excluding carboxylic acids is 1. The molecule has 0 aliphatic heterocycles. The van der Waals surface area contributed by atoms with Crippen molar-refractivity contribution in [3.8, 4) is 11.3 Å². The number of halogens is 1. The highest BCUT2D eigenvalue weighted by atomic mass is 35.5. The van der Waals surface area contributed by atoms with Gasteiger partial charge in [-0.25, -0.2) is 4.68 Å². The van der Waals surface area contributed by atoms with Crippen LogP contribution in [0.1, 0.15) is 11.3 Å². The topological polar surface area (TPSA) is 103 Å². The number of anilines is 1. The number of amides is 1. The smallest absolute Gasteiger partial charge is 0.275 e. The monoisotopic (exact) mass is 471 g/mol. The van der Waals surface area contributed by atoms with Gasteiger partial charge in [0.25, 0.3) is 5.56 Å². The van der Waals surface area contributed by atoms with Crippen LogP contribution in [0.5, 0.6) is 0 Å². The van der Waals surface area contributed by atoms with Gasteiger partial charge in [0.05, 0.1) is 11.1 Å². The van der Waals surface area contributed by atoms with E-state index in [0.717, 1.165) is 21.2 Å². The maximum absolute atomic E-state index is 13.0. The van der Waals surface area contributed by atoms with Crippen molar-refractivity contribution in [2.75, 3.05) is 5.32 Å². The maximum Gasteiger partial charge on any atom is 0.275 e. The molecule has 1 N–H and O–H groups in total. The molecular formula is C25H18ClN5O3. The van der Waals surface area contributed by atoms with Crippen molar-refractivity contribution < 1.29 is 9.32 Å². The summed E-state index contributed by atoms with van der Waals surface area (Å²) in [5, 5.41) is 12.9. The number of hydrogen-bond donors (Lipinski definition) is 1. The Bertz CT molecular complexity index is 1550. The summed E-state index contributed by atoms with van der Waals surface area (Å²) in [5.74, 6) is -0.310. The number of pyridine rings is 1. The summed E-state index contributed by atoms with van der Waals surface area (Å²) in [5.41, 5.74) is 2.56. The first-order valence-corrected chi connectivity index (χ1v) is 10.8. The van der Waals surface area contributed by atoms with E-state index < -0.39 is 5.91 Å². The van der Waals surface area contributed by atoms with Crippen LogP contribution in [-0.2, 0) is 17.8 Å². The standard InChI is InChI=1S/C25H18ClN5O3/c26-18-7-3-6-17(12-18)21-13-24(34-30-21)28-23(32)15-31-25(33)20-9-2-1-8-19(20)22(29-31)11-16-5-4-10-27-14-16/h1-10,12-14H,11,15H2,(H,28,32). The van der Waals surface area contributed by atoms with Crippen LogP contribution in [0, 0.1) is 0 Å². The first-order chi connectivity index (χ1) is 16.6. The van der Waals surface area contributed by atoms with E-state index in [1.54, 1.807) is 48.8 Å². The summed E-state index contributed by atoms with van der Waals surface area (Å²) >= 11 is 6.03. The summed E-state index contributed by atoms with van der Waals surface area (Å²) in [4.78, 5) is 29.9. The van der Waals surface area contributed by atoms with Crippen molar-refractivity contribution in [2.24, 2.45) is 0 Å². The van der Waals surface area contributed by atoms with Crippen LogP contribution in [0.3, 0.4) is 0 Å². The van der Waals surface area contributed by atoms with Gasteiger partial charge in [0, 0.05) is 40.9 Å². The highest BCUT2D eigenvalue weighted by molar-refractivity contribution is 6.30. The molecule has 5 aromatic rings. The van der Waals surface area contributed by atoms with Gasteiger partial charge in [-0.2, -0.15) is 5.10 Å². The minimum Gasteiger partial charge on any atom is -0.338 e. The molecule has 0 aliphatic carbocycles. The van der Waals surface area contributed by atoms with Crippen LogP contribution < -0.4 is 10.9 Å². The van der Waals surface area contributed by atoms with E-state index in [4.69, 9.17) is 16.1 Å². The molecule has 0 saturated heterocycles. The fraction of sp³-hybridized carbons (Fsp3) is 0.0800. The van der Waals surface area contributed by atoms with Crippen LogP contribution in [-0.4, -0.2) is 25.8 Å². The molecule has 0 aliphatic rings. The third kappa shape index (κ3) is 4.57. The first-order valence-electron chi connectivity index (χ1n) is 10.5. The molecule has 34 heavy (non-hydrogen) atoms. The number of aromatic nitrogens is 4. The van der Waals surface area contributed by atoms with Crippen molar-refractivity contribution in [3.63, 3.8) is 0 Å². The van der Waals surface area contributed by atoms with E-state index in [1.807, 2.05) is 30.3 Å².